The number of halogens is 1. The van der Waals surface area contributed by atoms with E-state index in [-0.39, 0.29) is 30.1 Å². The van der Waals surface area contributed by atoms with Gasteiger partial charge in [-0.3, -0.25) is 4.79 Å². The first-order valence-corrected chi connectivity index (χ1v) is 7.21. The van der Waals surface area contributed by atoms with Gasteiger partial charge in [0.1, 0.15) is 5.82 Å². The molecule has 7 heteroatoms. The molecular formula is C15H17FN4O2. The van der Waals surface area contributed by atoms with Crippen LogP contribution >= 0.6 is 0 Å². The van der Waals surface area contributed by atoms with E-state index in [2.05, 4.69) is 10.3 Å². The second kappa shape index (κ2) is 5.84. The van der Waals surface area contributed by atoms with Crippen molar-refractivity contribution in [2.24, 2.45) is 0 Å². The Morgan fingerprint density at radius 1 is 1.50 bits per heavy atom. The van der Waals surface area contributed by atoms with Crippen LogP contribution in [0, 0.1) is 12.7 Å². The van der Waals surface area contributed by atoms with E-state index in [1.54, 1.807) is 17.9 Å². The molecule has 0 spiro atoms. The molecule has 0 aliphatic carbocycles. The van der Waals surface area contributed by atoms with Crippen LogP contribution in [0.25, 0.3) is 5.69 Å². The molecule has 2 aromatic rings. The summed E-state index contributed by atoms with van der Waals surface area (Å²) < 4.78 is 14.6. The van der Waals surface area contributed by atoms with E-state index in [1.807, 2.05) is 0 Å². The number of carbonyl (C=O) groups excluding carboxylic acids is 1. The molecule has 1 amide bonds. The minimum absolute atomic E-state index is 0.0447. The Morgan fingerprint density at radius 3 is 3.05 bits per heavy atom. The van der Waals surface area contributed by atoms with Crippen LogP contribution in [-0.4, -0.2) is 50.1 Å². The molecule has 1 N–H and O–H groups in total. The Kier molecular flexibility index (Phi) is 3.89. The Bertz CT molecular complexity index is 701. The summed E-state index contributed by atoms with van der Waals surface area (Å²) in [6.07, 6.45) is 3.21. The van der Waals surface area contributed by atoms with Crippen molar-refractivity contribution in [3.05, 3.63) is 41.5 Å². The average Bonchev–Trinajstić information content (AvgIpc) is 3.15. The lowest BCUT2D eigenvalue weighted by molar-refractivity contribution is 0.0671. The van der Waals surface area contributed by atoms with Crippen LogP contribution in [0.5, 0.6) is 0 Å². The van der Waals surface area contributed by atoms with Crippen molar-refractivity contribution in [1.29, 1.82) is 0 Å². The van der Waals surface area contributed by atoms with Gasteiger partial charge in [0.05, 0.1) is 24.5 Å². The quantitative estimate of drug-likeness (QED) is 0.928. The van der Waals surface area contributed by atoms with E-state index in [0.29, 0.717) is 17.8 Å². The fourth-order valence-electron chi connectivity index (χ4n) is 2.80. The molecule has 3 rings (SSSR count). The van der Waals surface area contributed by atoms with Crippen molar-refractivity contribution in [1.82, 2.24) is 19.9 Å². The second-order valence-corrected chi connectivity index (χ2v) is 5.46. The minimum Gasteiger partial charge on any atom is -0.394 e. The number of benzene rings is 1. The summed E-state index contributed by atoms with van der Waals surface area (Å²) in [5, 5.41) is 17.2. The predicted molar refractivity (Wildman–Crippen MR) is 77.2 cm³/mol. The van der Waals surface area contributed by atoms with Crippen LogP contribution in [0.15, 0.2) is 24.4 Å². The molecule has 0 radical (unpaired) electrons. The van der Waals surface area contributed by atoms with Crippen molar-refractivity contribution >= 4 is 5.91 Å². The molecule has 6 nitrogen and oxygen atoms in total. The number of aryl methyl sites for hydroxylation is 1. The summed E-state index contributed by atoms with van der Waals surface area (Å²) in [6, 6.07) is 4.19. The molecule has 0 unspecified atom stereocenters. The van der Waals surface area contributed by atoms with Gasteiger partial charge in [-0.2, -0.15) is 0 Å². The highest BCUT2D eigenvalue weighted by Crippen LogP contribution is 2.20. The van der Waals surface area contributed by atoms with Gasteiger partial charge >= 0.3 is 0 Å². The third-order valence-corrected chi connectivity index (χ3v) is 3.97. The molecular weight excluding hydrogens is 287 g/mol. The molecule has 1 aromatic carbocycles. The van der Waals surface area contributed by atoms with Crippen molar-refractivity contribution < 1.29 is 14.3 Å². The standard InChI is InChI=1S/C15H17FN4O2/c1-10-7-11(16)4-5-14(10)20-8-13(17-18-20)15(22)19-6-2-3-12(19)9-21/h4-5,7-8,12,21H,2-3,6,9H2,1H3/t12-/m0/s1. The molecule has 1 aromatic heterocycles. The first kappa shape index (κ1) is 14.6. The van der Waals surface area contributed by atoms with Crippen molar-refractivity contribution in [3.63, 3.8) is 0 Å². The minimum atomic E-state index is -0.319. The van der Waals surface area contributed by atoms with Gasteiger partial charge in [-0.25, -0.2) is 9.07 Å². The van der Waals surface area contributed by atoms with Gasteiger partial charge in [0.2, 0.25) is 0 Å². The smallest absolute Gasteiger partial charge is 0.276 e. The number of aromatic nitrogens is 3. The lowest BCUT2D eigenvalue weighted by Crippen LogP contribution is -2.37. The molecule has 1 aliphatic heterocycles. The molecule has 22 heavy (non-hydrogen) atoms. The molecule has 1 saturated heterocycles. The normalized spacial score (nSPS) is 18.0. The van der Waals surface area contributed by atoms with E-state index in [9.17, 15) is 14.3 Å². The number of aliphatic hydroxyl groups is 1. The van der Waals surface area contributed by atoms with Gasteiger partial charge in [0.25, 0.3) is 5.91 Å². The summed E-state index contributed by atoms with van der Waals surface area (Å²) in [6.45, 7) is 2.34. The first-order chi connectivity index (χ1) is 10.6. The van der Waals surface area contributed by atoms with Gasteiger partial charge in [-0.15, -0.1) is 5.10 Å². The monoisotopic (exact) mass is 304 g/mol. The van der Waals surface area contributed by atoms with Gasteiger partial charge in [0, 0.05) is 6.54 Å². The van der Waals surface area contributed by atoms with Crippen LogP contribution in [0.2, 0.25) is 0 Å². The van der Waals surface area contributed by atoms with E-state index in [1.165, 1.54) is 23.0 Å². The highest BCUT2D eigenvalue weighted by Gasteiger charge is 2.30. The molecule has 116 valence electrons. The van der Waals surface area contributed by atoms with E-state index in [4.69, 9.17) is 0 Å². The summed E-state index contributed by atoms with van der Waals surface area (Å²) in [5.41, 5.74) is 1.61. The number of likely N-dealkylation sites (tertiary alicyclic amines) is 1. The zero-order valence-corrected chi connectivity index (χ0v) is 12.2. The molecule has 2 heterocycles. The third kappa shape index (κ3) is 2.59. The van der Waals surface area contributed by atoms with Gasteiger partial charge in [0.15, 0.2) is 5.69 Å². The summed E-state index contributed by atoms with van der Waals surface area (Å²) in [7, 11) is 0. The third-order valence-electron chi connectivity index (χ3n) is 3.97. The summed E-state index contributed by atoms with van der Waals surface area (Å²) in [4.78, 5) is 14.1. The number of hydrogen-bond acceptors (Lipinski definition) is 4. The van der Waals surface area contributed by atoms with Crippen LogP contribution in [0.1, 0.15) is 28.9 Å². The van der Waals surface area contributed by atoms with Crippen molar-refractivity contribution in [2.45, 2.75) is 25.8 Å². The number of amides is 1. The second-order valence-electron chi connectivity index (χ2n) is 5.46. The maximum absolute atomic E-state index is 13.2. The number of hydrogen-bond donors (Lipinski definition) is 1. The Hall–Kier alpha value is -2.28. The molecule has 0 saturated carbocycles. The largest absolute Gasteiger partial charge is 0.394 e. The van der Waals surface area contributed by atoms with Crippen molar-refractivity contribution in [2.75, 3.05) is 13.2 Å². The highest BCUT2D eigenvalue weighted by molar-refractivity contribution is 5.92. The van der Waals surface area contributed by atoms with Crippen LogP contribution in [-0.2, 0) is 0 Å². The fourth-order valence-corrected chi connectivity index (χ4v) is 2.80. The number of carbonyl (C=O) groups is 1. The van der Waals surface area contributed by atoms with Gasteiger partial charge < -0.3 is 10.0 Å². The van der Waals surface area contributed by atoms with Gasteiger partial charge in [-0.1, -0.05) is 5.21 Å². The fraction of sp³-hybridized carbons (Fsp3) is 0.400. The summed E-state index contributed by atoms with van der Waals surface area (Å²) >= 11 is 0. The number of nitrogens with zero attached hydrogens (tertiary/aromatic N) is 4. The van der Waals surface area contributed by atoms with Crippen LogP contribution < -0.4 is 0 Å². The molecule has 1 fully saturated rings. The zero-order valence-electron chi connectivity index (χ0n) is 12.2. The van der Waals surface area contributed by atoms with Crippen LogP contribution in [0.3, 0.4) is 0 Å². The lowest BCUT2D eigenvalue weighted by atomic mass is 10.2. The van der Waals surface area contributed by atoms with E-state index in [0.717, 1.165) is 12.8 Å². The number of aliphatic hydroxyl groups excluding tert-OH is 1. The Balaban J connectivity index is 1.86. The summed E-state index contributed by atoms with van der Waals surface area (Å²) in [5.74, 6) is -0.553. The van der Waals surface area contributed by atoms with E-state index >= 15 is 0 Å². The number of rotatable bonds is 3. The maximum Gasteiger partial charge on any atom is 0.276 e. The molecule has 1 atom stereocenters. The SMILES string of the molecule is Cc1cc(F)ccc1-n1cc(C(=O)N2CCC[C@H]2CO)nn1. The average molecular weight is 304 g/mol. The Morgan fingerprint density at radius 2 is 2.32 bits per heavy atom. The zero-order chi connectivity index (χ0) is 15.7. The van der Waals surface area contributed by atoms with E-state index < -0.39 is 0 Å². The topological polar surface area (TPSA) is 71.2 Å². The van der Waals surface area contributed by atoms with Crippen molar-refractivity contribution in [3.8, 4) is 5.69 Å². The van der Waals surface area contributed by atoms with Crippen LogP contribution in [0.4, 0.5) is 4.39 Å². The lowest BCUT2D eigenvalue weighted by Gasteiger charge is -2.21. The molecule has 1 aliphatic rings. The Labute approximate surface area is 127 Å². The maximum atomic E-state index is 13.2. The predicted octanol–water partition coefficient (Wildman–Crippen LogP) is 1.31. The first-order valence-electron chi connectivity index (χ1n) is 7.21. The van der Waals surface area contributed by atoms with Gasteiger partial charge in [-0.05, 0) is 43.5 Å². The molecule has 0 bridgehead atoms. The highest BCUT2D eigenvalue weighted by atomic mass is 19.1.